The second-order valence-electron chi connectivity index (χ2n) is 4.43. The van der Waals surface area contributed by atoms with Gasteiger partial charge in [-0.3, -0.25) is 0 Å². The van der Waals surface area contributed by atoms with Gasteiger partial charge in [0.05, 0.1) is 18.8 Å². The molecule has 0 aliphatic carbocycles. The summed E-state index contributed by atoms with van der Waals surface area (Å²) >= 11 is 3.49. The van der Waals surface area contributed by atoms with Gasteiger partial charge in [0, 0.05) is 23.0 Å². The van der Waals surface area contributed by atoms with Crippen molar-refractivity contribution in [3.8, 4) is 6.07 Å². The molecule has 0 saturated carbocycles. The Labute approximate surface area is 110 Å². The number of hydrogen-bond acceptors (Lipinski definition) is 3. The number of benzene rings is 1. The van der Waals surface area contributed by atoms with E-state index in [9.17, 15) is 5.26 Å². The van der Waals surface area contributed by atoms with Crippen LogP contribution >= 0.6 is 15.9 Å². The molecule has 0 aromatic heterocycles. The largest absolute Gasteiger partial charge is 0.378 e. The van der Waals surface area contributed by atoms with Gasteiger partial charge in [0.25, 0.3) is 0 Å². The Morgan fingerprint density at radius 2 is 2.29 bits per heavy atom. The van der Waals surface area contributed by atoms with Gasteiger partial charge in [-0.05, 0) is 35.0 Å². The molecule has 1 saturated heterocycles. The summed E-state index contributed by atoms with van der Waals surface area (Å²) in [5.41, 5.74) is 0.449. The van der Waals surface area contributed by atoms with Gasteiger partial charge in [-0.1, -0.05) is 12.1 Å². The van der Waals surface area contributed by atoms with E-state index in [1.54, 1.807) is 0 Å². The SMILES string of the molecule is CC1CC(C#N)(Nc2ccccc2Br)CCO1. The van der Waals surface area contributed by atoms with E-state index in [0.717, 1.165) is 16.6 Å². The second-order valence-corrected chi connectivity index (χ2v) is 5.29. The molecule has 4 heteroatoms. The summed E-state index contributed by atoms with van der Waals surface area (Å²) in [6.45, 7) is 2.64. The van der Waals surface area contributed by atoms with Crippen molar-refractivity contribution >= 4 is 21.6 Å². The van der Waals surface area contributed by atoms with Crippen molar-refractivity contribution in [2.24, 2.45) is 0 Å². The van der Waals surface area contributed by atoms with E-state index in [-0.39, 0.29) is 6.10 Å². The van der Waals surface area contributed by atoms with E-state index in [4.69, 9.17) is 4.74 Å². The van der Waals surface area contributed by atoms with E-state index in [0.29, 0.717) is 13.0 Å². The number of hydrogen-bond donors (Lipinski definition) is 1. The lowest BCUT2D eigenvalue weighted by molar-refractivity contribution is 0.0103. The quantitative estimate of drug-likeness (QED) is 0.910. The van der Waals surface area contributed by atoms with Crippen LogP contribution in [-0.2, 0) is 4.74 Å². The van der Waals surface area contributed by atoms with Crippen LogP contribution in [-0.4, -0.2) is 18.2 Å². The maximum absolute atomic E-state index is 9.43. The predicted molar refractivity (Wildman–Crippen MR) is 70.8 cm³/mol. The molecule has 1 aliphatic rings. The molecule has 17 heavy (non-hydrogen) atoms. The molecule has 1 fully saturated rings. The lowest BCUT2D eigenvalue weighted by Gasteiger charge is -2.36. The Bertz CT molecular complexity index is 443. The fourth-order valence-corrected chi connectivity index (χ4v) is 2.53. The Morgan fingerprint density at radius 1 is 1.53 bits per heavy atom. The fraction of sp³-hybridized carbons (Fsp3) is 0.462. The highest BCUT2D eigenvalue weighted by Gasteiger charge is 2.36. The van der Waals surface area contributed by atoms with Crippen LogP contribution in [0.3, 0.4) is 0 Å². The third-order valence-corrected chi connectivity index (χ3v) is 3.72. The third kappa shape index (κ3) is 2.80. The van der Waals surface area contributed by atoms with Crippen LogP contribution in [0.4, 0.5) is 5.69 Å². The van der Waals surface area contributed by atoms with E-state index in [1.165, 1.54) is 0 Å². The highest BCUT2D eigenvalue weighted by Crippen LogP contribution is 2.31. The zero-order valence-corrected chi connectivity index (χ0v) is 11.3. The molecule has 1 heterocycles. The van der Waals surface area contributed by atoms with Gasteiger partial charge in [0.15, 0.2) is 0 Å². The first-order valence-electron chi connectivity index (χ1n) is 5.71. The molecule has 1 aliphatic heterocycles. The Kier molecular flexibility index (Phi) is 3.70. The smallest absolute Gasteiger partial charge is 0.130 e. The number of halogens is 1. The number of nitrogens with zero attached hydrogens (tertiary/aromatic N) is 1. The van der Waals surface area contributed by atoms with Gasteiger partial charge in [-0.25, -0.2) is 0 Å². The summed E-state index contributed by atoms with van der Waals surface area (Å²) in [5.74, 6) is 0. The molecule has 0 bridgehead atoms. The summed E-state index contributed by atoms with van der Waals surface area (Å²) in [7, 11) is 0. The lowest BCUT2D eigenvalue weighted by Crippen LogP contribution is -2.45. The molecule has 0 radical (unpaired) electrons. The molecular weight excluding hydrogens is 280 g/mol. The molecule has 90 valence electrons. The normalized spacial score (nSPS) is 28.4. The Hall–Kier alpha value is -1.05. The molecule has 1 aromatic rings. The average Bonchev–Trinajstić information content (AvgIpc) is 2.32. The van der Waals surface area contributed by atoms with E-state index in [1.807, 2.05) is 31.2 Å². The van der Waals surface area contributed by atoms with E-state index < -0.39 is 5.54 Å². The maximum atomic E-state index is 9.43. The molecule has 2 rings (SSSR count). The monoisotopic (exact) mass is 294 g/mol. The van der Waals surface area contributed by atoms with E-state index in [2.05, 4.69) is 27.3 Å². The molecule has 2 unspecified atom stereocenters. The van der Waals surface area contributed by atoms with Gasteiger partial charge < -0.3 is 10.1 Å². The van der Waals surface area contributed by atoms with Gasteiger partial charge >= 0.3 is 0 Å². The van der Waals surface area contributed by atoms with Crippen molar-refractivity contribution in [1.82, 2.24) is 0 Å². The number of para-hydroxylation sites is 1. The first kappa shape index (κ1) is 12.4. The molecule has 0 spiro atoms. The van der Waals surface area contributed by atoms with Crippen molar-refractivity contribution < 1.29 is 4.74 Å². The first-order chi connectivity index (χ1) is 8.15. The molecule has 0 amide bonds. The van der Waals surface area contributed by atoms with Crippen molar-refractivity contribution in [2.75, 3.05) is 11.9 Å². The third-order valence-electron chi connectivity index (χ3n) is 3.03. The second kappa shape index (κ2) is 5.07. The number of ether oxygens (including phenoxy) is 1. The van der Waals surface area contributed by atoms with Crippen LogP contribution in [0.25, 0.3) is 0 Å². The zero-order chi connectivity index (χ0) is 12.3. The highest BCUT2D eigenvalue weighted by atomic mass is 79.9. The summed E-state index contributed by atoms with van der Waals surface area (Å²) < 4.78 is 6.48. The van der Waals surface area contributed by atoms with Crippen molar-refractivity contribution in [3.05, 3.63) is 28.7 Å². The molecule has 3 nitrogen and oxygen atoms in total. The van der Waals surface area contributed by atoms with E-state index >= 15 is 0 Å². The van der Waals surface area contributed by atoms with Gasteiger partial charge in [-0.2, -0.15) is 5.26 Å². The van der Waals surface area contributed by atoms with Crippen molar-refractivity contribution in [2.45, 2.75) is 31.4 Å². The predicted octanol–water partition coefficient (Wildman–Crippen LogP) is 3.32. The first-order valence-corrected chi connectivity index (χ1v) is 6.50. The highest BCUT2D eigenvalue weighted by molar-refractivity contribution is 9.10. The van der Waals surface area contributed by atoms with Gasteiger partial charge in [-0.15, -0.1) is 0 Å². The Balaban J connectivity index is 2.20. The molecule has 1 aromatic carbocycles. The zero-order valence-electron chi connectivity index (χ0n) is 9.74. The van der Waals surface area contributed by atoms with Crippen LogP contribution in [0.5, 0.6) is 0 Å². The van der Waals surface area contributed by atoms with Crippen LogP contribution < -0.4 is 5.32 Å². The maximum Gasteiger partial charge on any atom is 0.130 e. The average molecular weight is 295 g/mol. The number of nitrogens with one attached hydrogen (secondary N) is 1. The van der Waals surface area contributed by atoms with Crippen LogP contribution in [0.2, 0.25) is 0 Å². The molecule has 1 N–H and O–H groups in total. The topological polar surface area (TPSA) is 45.0 Å². The number of nitriles is 1. The number of rotatable bonds is 2. The van der Waals surface area contributed by atoms with Gasteiger partial charge in [0.2, 0.25) is 0 Å². The summed E-state index contributed by atoms with van der Waals surface area (Å²) in [4.78, 5) is 0. The summed E-state index contributed by atoms with van der Waals surface area (Å²) in [5, 5.41) is 12.8. The minimum atomic E-state index is -0.512. The summed E-state index contributed by atoms with van der Waals surface area (Å²) in [6.07, 6.45) is 1.55. The minimum absolute atomic E-state index is 0.124. The fourth-order valence-electron chi connectivity index (χ4n) is 2.15. The van der Waals surface area contributed by atoms with Gasteiger partial charge in [0.1, 0.15) is 5.54 Å². The van der Waals surface area contributed by atoms with Crippen molar-refractivity contribution in [3.63, 3.8) is 0 Å². The molecule has 2 atom stereocenters. The van der Waals surface area contributed by atoms with Crippen molar-refractivity contribution in [1.29, 1.82) is 5.26 Å². The molecular formula is C13H15BrN2O. The van der Waals surface area contributed by atoms with Crippen LogP contribution in [0.15, 0.2) is 28.7 Å². The summed E-state index contributed by atoms with van der Waals surface area (Å²) in [6, 6.07) is 10.3. The van der Waals surface area contributed by atoms with Crippen LogP contribution in [0.1, 0.15) is 19.8 Å². The Morgan fingerprint density at radius 3 is 2.94 bits per heavy atom. The standard InChI is InChI=1S/C13H15BrN2O/c1-10-8-13(9-15,6-7-17-10)16-12-5-3-2-4-11(12)14/h2-5,10,16H,6-8H2,1H3. The lowest BCUT2D eigenvalue weighted by atomic mass is 9.88. The minimum Gasteiger partial charge on any atom is -0.378 e. The number of anilines is 1. The van der Waals surface area contributed by atoms with Crippen LogP contribution in [0, 0.1) is 11.3 Å².